The first-order valence-electron chi connectivity index (χ1n) is 12.7. The molecule has 4 aromatic heterocycles. The van der Waals surface area contributed by atoms with Gasteiger partial charge in [0.15, 0.2) is 0 Å². The molecule has 0 atom stereocenters. The zero-order valence-corrected chi connectivity index (χ0v) is 21.3. The molecular weight excluding hydrogens is 514 g/mol. The van der Waals surface area contributed by atoms with Gasteiger partial charge in [0.25, 0.3) is 11.5 Å². The van der Waals surface area contributed by atoms with E-state index in [2.05, 4.69) is 15.3 Å². The van der Waals surface area contributed by atoms with Gasteiger partial charge in [0, 0.05) is 30.5 Å². The number of nitrogens with one attached hydrogen (secondary N) is 1. The second-order valence-electron chi connectivity index (χ2n) is 9.91. The van der Waals surface area contributed by atoms with Crippen LogP contribution in [-0.4, -0.2) is 47.0 Å². The van der Waals surface area contributed by atoms with E-state index in [1.807, 2.05) is 11.8 Å². The molecule has 0 radical (unpaired) electrons. The van der Waals surface area contributed by atoms with Crippen molar-refractivity contribution in [2.24, 2.45) is 0 Å². The number of rotatable bonds is 4. The van der Waals surface area contributed by atoms with E-state index in [4.69, 9.17) is 0 Å². The van der Waals surface area contributed by atoms with Crippen molar-refractivity contribution >= 4 is 34.3 Å². The summed E-state index contributed by atoms with van der Waals surface area (Å²) in [5.74, 6) is 0.408. The van der Waals surface area contributed by atoms with Crippen LogP contribution in [0.25, 0.3) is 16.7 Å². The fraction of sp³-hybridized carbons (Fsp3) is 0.423. The van der Waals surface area contributed by atoms with Gasteiger partial charge < -0.3 is 9.72 Å². The second-order valence-corrected chi connectivity index (χ2v) is 11.1. The molecule has 4 aromatic rings. The number of carbonyl (C=O) groups excluding carboxylic acids is 1. The van der Waals surface area contributed by atoms with Crippen molar-refractivity contribution in [3.63, 3.8) is 0 Å². The molecule has 1 aliphatic heterocycles. The molecule has 12 heteroatoms. The van der Waals surface area contributed by atoms with Gasteiger partial charge in [-0.25, -0.2) is 23.5 Å². The van der Waals surface area contributed by atoms with Crippen LogP contribution < -0.4 is 16.6 Å². The SMILES string of the molecule is O=C(N[C@H]1CC[C@@H](n2c(=O)c3cc(F)cnc3n(C3CCSCC3)c2=O)CC1)c1cn2cc(F)ccc2n1. The summed E-state index contributed by atoms with van der Waals surface area (Å²) in [4.78, 5) is 48.3. The number of thioether (sulfide) groups is 1. The summed E-state index contributed by atoms with van der Waals surface area (Å²) in [5, 5.41) is 3.08. The summed E-state index contributed by atoms with van der Waals surface area (Å²) in [5.41, 5.74) is -0.0325. The minimum Gasteiger partial charge on any atom is -0.348 e. The number of hydrogen-bond donors (Lipinski definition) is 1. The summed E-state index contributed by atoms with van der Waals surface area (Å²) in [6, 6.07) is 3.34. The predicted molar refractivity (Wildman–Crippen MR) is 140 cm³/mol. The number of halogens is 2. The zero-order chi connectivity index (χ0) is 26.4. The van der Waals surface area contributed by atoms with E-state index < -0.39 is 22.9 Å². The highest BCUT2D eigenvalue weighted by Gasteiger charge is 2.30. The lowest BCUT2D eigenvalue weighted by Gasteiger charge is -2.31. The van der Waals surface area contributed by atoms with E-state index in [0.717, 1.165) is 30.5 Å². The molecule has 1 saturated carbocycles. The van der Waals surface area contributed by atoms with Crippen LogP contribution in [0.4, 0.5) is 8.78 Å². The summed E-state index contributed by atoms with van der Waals surface area (Å²) < 4.78 is 31.9. The molecular formula is C26H26F2N6O3S. The zero-order valence-electron chi connectivity index (χ0n) is 20.5. The van der Waals surface area contributed by atoms with Gasteiger partial charge in [-0.3, -0.25) is 18.7 Å². The predicted octanol–water partition coefficient (Wildman–Crippen LogP) is 3.47. The molecule has 1 aliphatic carbocycles. The lowest BCUT2D eigenvalue weighted by Crippen LogP contribution is -2.46. The van der Waals surface area contributed by atoms with Crippen molar-refractivity contribution in [3.8, 4) is 0 Å². The van der Waals surface area contributed by atoms with Crippen molar-refractivity contribution in [1.29, 1.82) is 0 Å². The van der Waals surface area contributed by atoms with Crippen LogP contribution in [0.1, 0.15) is 61.1 Å². The Morgan fingerprint density at radius 2 is 1.68 bits per heavy atom. The van der Waals surface area contributed by atoms with Crippen molar-refractivity contribution in [1.82, 2.24) is 28.8 Å². The molecule has 2 fully saturated rings. The number of nitrogens with zero attached hydrogens (tertiary/aromatic N) is 5. The maximum Gasteiger partial charge on any atom is 0.333 e. The topological polar surface area (TPSA) is 103 Å². The van der Waals surface area contributed by atoms with Crippen molar-refractivity contribution < 1.29 is 13.6 Å². The van der Waals surface area contributed by atoms with E-state index >= 15 is 0 Å². The highest BCUT2D eigenvalue weighted by molar-refractivity contribution is 7.99. The lowest BCUT2D eigenvalue weighted by atomic mass is 9.90. The number of carbonyl (C=O) groups is 1. The molecule has 38 heavy (non-hydrogen) atoms. The van der Waals surface area contributed by atoms with Crippen molar-refractivity contribution in [2.75, 3.05) is 11.5 Å². The number of pyridine rings is 2. The minimum absolute atomic E-state index is 0.0920. The average Bonchev–Trinajstić information content (AvgIpc) is 3.34. The third-order valence-corrected chi connectivity index (χ3v) is 8.57. The standard InChI is InChI=1S/C26H26F2N6O3S/c27-15-1-6-22-31-21(14-32(22)13-15)24(35)30-17-2-4-18(5-3-17)34-25(36)20-11-16(28)12-29-23(20)33(26(34)37)19-7-9-38-10-8-19/h1,6,11-14,17-19H,2-5,7-10H2,(H,30,35)/t17-,18+. The van der Waals surface area contributed by atoms with Crippen LogP contribution in [0.5, 0.6) is 0 Å². The Kier molecular flexibility index (Phi) is 6.50. The Labute approximate surface area is 219 Å². The smallest absolute Gasteiger partial charge is 0.333 e. The first kappa shape index (κ1) is 24.8. The number of imidazole rings is 1. The van der Waals surface area contributed by atoms with Crippen molar-refractivity contribution in [2.45, 2.75) is 56.7 Å². The van der Waals surface area contributed by atoms with Crippen LogP contribution in [-0.2, 0) is 0 Å². The minimum atomic E-state index is -0.619. The normalized spacial score (nSPS) is 20.7. The highest BCUT2D eigenvalue weighted by Crippen LogP contribution is 2.30. The molecule has 0 unspecified atom stereocenters. The van der Waals surface area contributed by atoms with Crippen molar-refractivity contribution in [3.05, 3.63) is 75.0 Å². The van der Waals surface area contributed by atoms with Gasteiger partial charge in [0.05, 0.1) is 11.6 Å². The molecule has 198 valence electrons. The van der Waals surface area contributed by atoms with Gasteiger partial charge in [-0.05, 0) is 68.2 Å². The molecule has 6 rings (SSSR count). The Hall–Kier alpha value is -3.54. The highest BCUT2D eigenvalue weighted by atomic mass is 32.2. The van der Waals surface area contributed by atoms with Gasteiger partial charge >= 0.3 is 5.69 Å². The summed E-state index contributed by atoms with van der Waals surface area (Å²) >= 11 is 1.83. The number of amides is 1. The number of aromatic nitrogens is 5. The van der Waals surface area contributed by atoms with Crippen LogP contribution in [0.15, 0.2) is 46.4 Å². The Morgan fingerprint density at radius 1 is 0.947 bits per heavy atom. The van der Waals surface area contributed by atoms with Crippen LogP contribution >= 0.6 is 11.8 Å². The average molecular weight is 541 g/mol. The first-order valence-corrected chi connectivity index (χ1v) is 13.9. The number of hydrogen-bond acceptors (Lipinski definition) is 6. The quantitative estimate of drug-likeness (QED) is 0.425. The first-order chi connectivity index (χ1) is 18.4. The summed E-state index contributed by atoms with van der Waals surface area (Å²) in [6.07, 6.45) is 7.48. The molecule has 1 saturated heterocycles. The fourth-order valence-corrected chi connectivity index (χ4v) is 6.69. The Morgan fingerprint density at radius 3 is 2.45 bits per heavy atom. The fourth-order valence-electron chi connectivity index (χ4n) is 5.61. The summed E-state index contributed by atoms with van der Waals surface area (Å²) in [6.45, 7) is 0. The van der Waals surface area contributed by atoms with Crippen LogP contribution in [0, 0.1) is 11.6 Å². The molecule has 0 aromatic carbocycles. The molecule has 0 bridgehead atoms. The van der Waals surface area contributed by atoms with E-state index in [1.54, 1.807) is 4.57 Å². The van der Waals surface area contributed by atoms with Gasteiger partial charge in [-0.1, -0.05) is 0 Å². The monoisotopic (exact) mass is 540 g/mol. The van der Waals surface area contributed by atoms with E-state index in [1.165, 1.54) is 39.6 Å². The molecule has 2 aliphatic rings. The number of fused-ring (bicyclic) bond motifs is 2. The Bertz CT molecular complexity index is 1650. The Balaban J connectivity index is 1.24. The summed E-state index contributed by atoms with van der Waals surface area (Å²) in [7, 11) is 0. The van der Waals surface area contributed by atoms with Gasteiger partial charge in [0.2, 0.25) is 0 Å². The molecule has 9 nitrogen and oxygen atoms in total. The van der Waals surface area contributed by atoms with Gasteiger partial charge in [-0.2, -0.15) is 11.8 Å². The maximum atomic E-state index is 14.1. The van der Waals surface area contributed by atoms with Gasteiger partial charge in [0.1, 0.15) is 28.6 Å². The molecule has 1 N–H and O–H groups in total. The lowest BCUT2D eigenvalue weighted by molar-refractivity contribution is 0.0917. The van der Waals surface area contributed by atoms with E-state index in [9.17, 15) is 23.2 Å². The van der Waals surface area contributed by atoms with Crippen LogP contribution in [0.2, 0.25) is 0 Å². The van der Waals surface area contributed by atoms with Gasteiger partial charge in [-0.15, -0.1) is 0 Å². The van der Waals surface area contributed by atoms with Crippen LogP contribution in [0.3, 0.4) is 0 Å². The largest absolute Gasteiger partial charge is 0.348 e. The molecule has 1 amide bonds. The maximum absolute atomic E-state index is 14.1. The third kappa shape index (κ3) is 4.50. The molecule has 0 spiro atoms. The van der Waals surface area contributed by atoms with E-state index in [-0.39, 0.29) is 40.8 Å². The molecule has 5 heterocycles. The third-order valence-electron chi connectivity index (χ3n) is 7.52. The van der Waals surface area contributed by atoms with E-state index in [0.29, 0.717) is 31.3 Å². The second kappa shape index (κ2) is 9.97.